The van der Waals surface area contributed by atoms with Crippen molar-refractivity contribution in [1.29, 1.82) is 0 Å². The van der Waals surface area contributed by atoms with E-state index in [-0.39, 0.29) is 11.4 Å². The van der Waals surface area contributed by atoms with Crippen LogP contribution >= 0.6 is 11.6 Å². The Morgan fingerprint density at radius 2 is 2.05 bits per heavy atom. The van der Waals surface area contributed by atoms with Gasteiger partial charge < -0.3 is 5.32 Å². The number of alkyl halides is 1. The highest BCUT2D eigenvalue weighted by Gasteiger charge is 2.33. The van der Waals surface area contributed by atoms with E-state index >= 15 is 0 Å². The molecule has 0 saturated heterocycles. The standard InChI is InChI=1S/C15H22ClN3O/c1-3-13-12(9-11(2)18-19-13)14(20)17-15(10-16)7-5-4-6-8-15/h9H,3-8,10H2,1-2H3,(H,17,20). The van der Waals surface area contributed by atoms with Gasteiger partial charge in [0.15, 0.2) is 0 Å². The predicted octanol–water partition coefficient (Wildman–Crippen LogP) is 3.02. The molecular formula is C15H22ClN3O. The van der Waals surface area contributed by atoms with Gasteiger partial charge in [-0.2, -0.15) is 10.2 Å². The van der Waals surface area contributed by atoms with Crippen LogP contribution in [0.15, 0.2) is 6.07 Å². The number of nitrogens with one attached hydrogen (secondary N) is 1. The molecule has 0 unspecified atom stereocenters. The summed E-state index contributed by atoms with van der Waals surface area (Å²) in [7, 11) is 0. The highest BCUT2D eigenvalue weighted by atomic mass is 35.5. The molecule has 1 aliphatic carbocycles. The van der Waals surface area contributed by atoms with E-state index in [1.165, 1.54) is 6.42 Å². The molecule has 0 atom stereocenters. The molecule has 4 nitrogen and oxygen atoms in total. The molecule has 1 N–H and O–H groups in total. The van der Waals surface area contributed by atoms with Crippen LogP contribution in [0, 0.1) is 6.92 Å². The summed E-state index contributed by atoms with van der Waals surface area (Å²) in [5.41, 5.74) is 1.89. The lowest BCUT2D eigenvalue weighted by molar-refractivity contribution is 0.0883. The minimum atomic E-state index is -0.251. The first-order valence-corrected chi connectivity index (χ1v) is 7.85. The summed E-state index contributed by atoms with van der Waals surface area (Å²) in [5.74, 6) is 0.403. The molecule has 1 saturated carbocycles. The summed E-state index contributed by atoms with van der Waals surface area (Å²) in [4.78, 5) is 12.6. The van der Waals surface area contributed by atoms with Crippen molar-refractivity contribution < 1.29 is 4.79 Å². The lowest BCUT2D eigenvalue weighted by atomic mass is 9.83. The maximum atomic E-state index is 12.6. The number of aryl methyl sites for hydroxylation is 2. The molecule has 1 fully saturated rings. The Morgan fingerprint density at radius 3 is 2.65 bits per heavy atom. The molecule has 0 aliphatic heterocycles. The van der Waals surface area contributed by atoms with Gasteiger partial charge in [0, 0.05) is 5.88 Å². The van der Waals surface area contributed by atoms with Crippen molar-refractivity contribution in [2.75, 3.05) is 5.88 Å². The second-order valence-electron chi connectivity index (χ2n) is 5.63. The average molecular weight is 296 g/mol. The van der Waals surface area contributed by atoms with Crippen LogP contribution in [0.5, 0.6) is 0 Å². The van der Waals surface area contributed by atoms with Crippen LogP contribution in [-0.4, -0.2) is 27.5 Å². The molecule has 1 aromatic rings. The molecule has 1 aromatic heterocycles. The van der Waals surface area contributed by atoms with Crippen molar-refractivity contribution >= 4 is 17.5 Å². The molecule has 5 heteroatoms. The van der Waals surface area contributed by atoms with Gasteiger partial charge in [-0.3, -0.25) is 4.79 Å². The number of carbonyl (C=O) groups is 1. The summed E-state index contributed by atoms with van der Waals surface area (Å²) in [6, 6.07) is 1.81. The minimum Gasteiger partial charge on any atom is -0.345 e. The first-order valence-electron chi connectivity index (χ1n) is 7.32. The van der Waals surface area contributed by atoms with Gasteiger partial charge in [-0.25, -0.2) is 0 Å². The lowest BCUT2D eigenvalue weighted by Gasteiger charge is -2.36. The Labute approximate surface area is 125 Å². The van der Waals surface area contributed by atoms with Crippen LogP contribution in [0.3, 0.4) is 0 Å². The molecule has 0 bridgehead atoms. The maximum absolute atomic E-state index is 12.6. The van der Waals surface area contributed by atoms with Crippen LogP contribution in [-0.2, 0) is 6.42 Å². The normalized spacial score (nSPS) is 17.8. The monoisotopic (exact) mass is 295 g/mol. The maximum Gasteiger partial charge on any atom is 0.253 e. The first-order chi connectivity index (χ1) is 9.60. The zero-order valence-electron chi connectivity index (χ0n) is 12.2. The quantitative estimate of drug-likeness (QED) is 0.869. The van der Waals surface area contributed by atoms with E-state index in [0.717, 1.165) is 37.1 Å². The average Bonchev–Trinajstić information content (AvgIpc) is 2.48. The van der Waals surface area contributed by atoms with Gasteiger partial charge in [0.25, 0.3) is 5.91 Å². The number of nitrogens with zero attached hydrogens (tertiary/aromatic N) is 2. The van der Waals surface area contributed by atoms with Gasteiger partial charge in [0.2, 0.25) is 0 Å². The zero-order valence-corrected chi connectivity index (χ0v) is 13.0. The first kappa shape index (κ1) is 15.2. The number of halogens is 1. The third-order valence-corrected chi connectivity index (χ3v) is 4.53. The van der Waals surface area contributed by atoms with Crippen molar-refractivity contribution in [3.05, 3.63) is 23.0 Å². The SMILES string of the molecule is CCc1nnc(C)cc1C(=O)NC1(CCl)CCCCC1. The number of hydrogen-bond donors (Lipinski definition) is 1. The van der Waals surface area contributed by atoms with Crippen LogP contribution in [0.25, 0.3) is 0 Å². The van der Waals surface area contributed by atoms with Gasteiger partial charge in [0.1, 0.15) is 0 Å². The molecule has 20 heavy (non-hydrogen) atoms. The van der Waals surface area contributed by atoms with Crippen molar-refractivity contribution in [2.24, 2.45) is 0 Å². The zero-order chi connectivity index (χ0) is 14.6. The second kappa shape index (κ2) is 6.53. The third-order valence-electron chi connectivity index (χ3n) is 4.02. The molecule has 1 amide bonds. The fraction of sp³-hybridized carbons (Fsp3) is 0.667. The van der Waals surface area contributed by atoms with E-state index in [9.17, 15) is 4.79 Å². The molecule has 110 valence electrons. The number of hydrogen-bond acceptors (Lipinski definition) is 3. The molecular weight excluding hydrogens is 274 g/mol. The largest absolute Gasteiger partial charge is 0.345 e. The van der Waals surface area contributed by atoms with Gasteiger partial charge in [-0.15, -0.1) is 11.6 Å². The fourth-order valence-corrected chi connectivity index (χ4v) is 3.13. The fourth-order valence-electron chi connectivity index (χ4n) is 2.80. The van der Waals surface area contributed by atoms with Crippen LogP contribution < -0.4 is 5.32 Å². The van der Waals surface area contributed by atoms with Gasteiger partial charge in [0.05, 0.1) is 22.5 Å². The van der Waals surface area contributed by atoms with E-state index in [4.69, 9.17) is 11.6 Å². The third kappa shape index (κ3) is 3.29. The molecule has 1 heterocycles. The number of rotatable bonds is 4. The number of amides is 1. The summed E-state index contributed by atoms with van der Waals surface area (Å²) >= 11 is 6.13. The highest BCUT2D eigenvalue weighted by Crippen LogP contribution is 2.29. The molecule has 2 rings (SSSR count). The topological polar surface area (TPSA) is 54.9 Å². The Bertz CT molecular complexity index is 484. The summed E-state index contributed by atoms with van der Waals surface area (Å²) in [6.45, 7) is 3.83. The van der Waals surface area contributed by atoms with E-state index < -0.39 is 0 Å². The van der Waals surface area contributed by atoms with E-state index in [1.54, 1.807) is 0 Å². The highest BCUT2D eigenvalue weighted by molar-refractivity contribution is 6.19. The van der Waals surface area contributed by atoms with Crippen molar-refractivity contribution in [1.82, 2.24) is 15.5 Å². The van der Waals surface area contributed by atoms with Crippen LogP contribution in [0.1, 0.15) is 60.8 Å². The molecule has 0 spiro atoms. The Kier molecular flexibility index (Phi) is 4.97. The van der Waals surface area contributed by atoms with Crippen molar-refractivity contribution in [3.8, 4) is 0 Å². The number of carbonyl (C=O) groups excluding carboxylic acids is 1. The van der Waals surface area contributed by atoms with E-state index in [0.29, 0.717) is 17.9 Å². The Balaban J connectivity index is 2.20. The molecule has 0 radical (unpaired) electrons. The molecule has 1 aliphatic rings. The lowest BCUT2D eigenvalue weighted by Crippen LogP contribution is -2.51. The summed E-state index contributed by atoms with van der Waals surface area (Å²) in [6.07, 6.45) is 6.10. The predicted molar refractivity (Wildman–Crippen MR) is 80.1 cm³/mol. The van der Waals surface area contributed by atoms with Gasteiger partial charge in [-0.1, -0.05) is 26.2 Å². The van der Waals surface area contributed by atoms with E-state index in [1.807, 2.05) is 19.9 Å². The summed E-state index contributed by atoms with van der Waals surface area (Å²) < 4.78 is 0. The second-order valence-corrected chi connectivity index (χ2v) is 5.90. The van der Waals surface area contributed by atoms with Gasteiger partial charge >= 0.3 is 0 Å². The Hall–Kier alpha value is -1.16. The number of aromatic nitrogens is 2. The smallest absolute Gasteiger partial charge is 0.253 e. The summed E-state index contributed by atoms with van der Waals surface area (Å²) in [5, 5.41) is 11.3. The van der Waals surface area contributed by atoms with Gasteiger partial charge in [-0.05, 0) is 32.3 Å². The van der Waals surface area contributed by atoms with E-state index in [2.05, 4.69) is 15.5 Å². The van der Waals surface area contributed by atoms with Crippen molar-refractivity contribution in [2.45, 2.75) is 57.9 Å². The van der Waals surface area contributed by atoms with Crippen LogP contribution in [0.2, 0.25) is 0 Å². The molecule has 0 aromatic carbocycles. The van der Waals surface area contributed by atoms with Crippen molar-refractivity contribution in [3.63, 3.8) is 0 Å². The Morgan fingerprint density at radius 1 is 1.35 bits per heavy atom. The minimum absolute atomic E-state index is 0.0672. The van der Waals surface area contributed by atoms with Crippen LogP contribution in [0.4, 0.5) is 0 Å².